The van der Waals surface area contributed by atoms with Gasteiger partial charge in [0.05, 0.1) is 11.4 Å². The second kappa shape index (κ2) is 9.29. The average molecular weight is 453 g/mol. The predicted molar refractivity (Wildman–Crippen MR) is 110 cm³/mol. The van der Waals surface area contributed by atoms with Crippen molar-refractivity contribution in [1.29, 1.82) is 0 Å². The first-order valence-corrected chi connectivity index (χ1v) is 11.8. The van der Waals surface area contributed by atoms with E-state index in [1.54, 1.807) is 17.5 Å². The molecule has 2 aromatic heterocycles. The van der Waals surface area contributed by atoms with Crippen LogP contribution in [-0.2, 0) is 26.0 Å². The van der Waals surface area contributed by atoms with Gasteiger partial charge in [-0.3, -0.25) is 9.59 Å². The molecule has 0 aliphatic heterocycles. The third-order valence-corrected chi connectivity index (χ3v) is 8.15. The van der Waals surface area contributed by atoms with Crippen molar-refractivity contribution in [3.8, 4) is 0 Å². The summed E-state index contributed by atoms with van der Waals surface area (Å²) in [4.78, 5) is 25.4. The standard InChI is InChI=1S/C19H17FN2O4S3/c20-13-5-7-15(8-6-13)29(25,26)17(16-4-2-10-28-16)12-22-19(24)18(23)21-11-14-3-1-9-27-14/h1-10,17H,11-12H2,(H,21,23)(H,22,24)/t17-/m1/s1. The third-order valence-electron chi connectivity index (χ3n) is 4.03. The summed E-state index contributed by atoms with van der Waals surface area (Å²) in [5.74, 6) is -2.31. The van der Waals surface area contributed by atoms with Crippen LogP contribution in [0.3, 0.4) is 0 Å². The molecule has 152 valence electrons. The van der Waals surface area contributed by atoms with Crippen LogP contribution < -0.4 is 10.6 Å². The molecule has 0 spiro atoms. The van der Waals surface area contributed by atoms with Gasteiger partial charge in [0.15, 0.2) is 9.84 Å². The first kappa shape index (κ1) is 21.2. The SMILES string of the molecule is O=C(NCc1cccs1)C(=O)NC[C@H](c1cccs1)S(=O)(=O)c1ccc(F)cc1. The van der Waals surface area contributed by atoms with Gasteiger partial charge in [0.2, 0.25) is 0 Å². The fourth-order valence-electron chi connectivity index (χ4n) is 2.55. The maximum Gasteiger partial charge on any atom is 0.309 e. The highest BCUT2D eigenvalue weighted by molar-refractivity contribution is 7.91. The fraction of sp³-hybridized carbons (Fsp3) is 0.158. The molecule has 29 heavy (non-hydrogen) atoms. The Balaban J connectivity index is 1.70. The van der Waals surface area contributed by atoms with Gasteiger partial charge < -0.3 is 10.6 Å². The van der Waals surface area contributed by atoms with E-state index >= 15 is 0 Å². The zero-order valence-corrected chi connectivity index (χ0v) is 17.5. The maximum absolute atomic E-state index is 13.2. The summed E-state index contributed by atoms with van der Waals surface area (Å²) in [5.41, 5.74) is 0. The van der Waals surface area contributed by atoms with Gasteiger partial charge in [-0.25, -0.2) is 12.8 Å². The van der Waals surface area contributed by atoms with E-state index < -0.39 is 32.7 Å². The van der Waals surface area contributed by atoms with Crippen LogP contribution >= 0.6 is 22.7 Å². The number of sulfone groups is 1. The van der Waals surface area contributed by atoms with Gasteiger partial charge >= 0.3 is 11.8 Å². The molecule has 2 heterocycles. The summed E-state index contributed by atoms with van der Waals surface area (Å²) in [6.07, 6.45) is 0. The van der Waals surface area contributed by atoms with Crippen LogP contribution in [0.1, 0.15) is 15.0 Å². The second-order valence-corrected chi connectivity index (χ2v) is 10.1. The van der Waals surface area contributed by atoms with Crippen LogP contribution in [0.2, 0.25) is 0 Å². The number of carbonyl (C=O) groups excluding carboxylic acids is 2. The highest BCUT2D eigenvalue weighted by Gasteiger charge is 2.31. The maximum atomic E-state index is 13.2. The molecule has 3 rings (SSSR count). The topological polar surface area (TPSA) is 92.3 Å². The summed E-state index contributed by atoms with van der Waals surface area (Å²) in [6, 6.07) is 11.5. The number of hydrogen-bond acceptors (Lipinski definition) is 6. The highest BCUT2D eigenvalue weighted by Crippen LogP contribution is 2.31. The monoisotopic (exact) mass is 452 g/mol. The Labute approximate surface area is 175 Å². The van der Waals surface area contributed by atoms with Crippen molar-refractivity contribution in [1.82, 2.24) is 10.6 Å². The largest absolute Gasteiger partial charge is 0.346 e. The van der Waals surface area contributed by atoms with Gasteiger partial charge in [0.25, 0.3) is 0 Å². The van der Waals surface area contributed by atoms with Gasteiger partial charge in [-0.2, -0.15) is 0 Å². The summed E-state index contributed by atoms with van der Waals surface area (Å²) in [5, 5.41) is 7.36. The quantitative estimate of drug-likeness (QED) is 0.426. The smallest absolute Gasteiger partial charge is 0.309 e. The molecule has 0 saturated heterocycles. The van der Waals surface area contributed by atoms with Gasteiger partial charge in [-0.05, 0) is 47.2 Å². The Kier molecular flexibility index (Phi) is 6.78. The van der Waals surface area contributed by atoms with Crippen molar-refractivity contribution in [2.75, 3.05) is 6.54 Å². The number of rotatable bonds is 7. The van der Waals surface area contributed by atoms with E-state index in [2.05, 4.69) is 10.6 Å². The minimum atomic E-state index is -3.91. The lowest BCUT2D eigenvalue weighted by molar-refractivity contribution is -0.139. The molecule has 1 aromatic carbocycles. The lowest BCUT2D eigenvalue weighted by Crippen LogP contribution is -2.41. The Bertz CT molecular complexity index is 1060. The number of benzene rings is 1. The van der Waals surface area contributed by atoms with E-state index in [1.165, 1.54) is 34.8 Å². The van der Waals surface area contributed by atoms with Crippen molar-refractivity contribution in [2.24, 2.45) is 0 Å². The third kappa shape index (κ3) is 5.28. The molecule has 1 atom stereocenters. The minimum Gasteiger partial charge on any atom is -0.346 e. The van der Waals surface area contributed by atoms with Crippen LogP contribution in [0.4, 0.5) is 4.39 Å². The lowest BCUT2D eigenvalue weighted by atomic mass is 10.3. The minimum absolute atomic E-state index is 0.0614. The molecule has 0 aliphatic rings. The lowest BCUT2D eigenvalue weighted by Gasteiger charge is -2.17. The summed E-state index contributed by atoms with van der Waals surface area (Å²) in [7, 11) is -3.91. The molecule has 0 saturated carbocycles. The van der Waals surface area contributed by atoms with Crippen molar-refractivity contribution in [3.05, 3.63) is 74.9 Å². The zero-order chi connectivity index (χ0) is 20.9. The Morgan fingerprint density at radius 2 is 1.59 bits per heavy atom. The first-order valence-electron chi connectivity index (χ1n) is 8.49. The van der Waals surface area contributed by atoms with Crippen molar-refractivity contribution < 1.29 is 22.4 Å². The first-order chi connectivity index (χ1) is 13.9. The molecule has 3 aromatic rings. The second-order valence-electron chi connectivity index (χ2n) is 5.98. The highest BCUT2D eigenvalue weighted by atomic mass is 32.2. The van der Waals surface area contributed by atoms with Gasteiger partial charge in [-0.1, -0.05) is 12.1 Å². The fourth-order valence-corrected chi connectivity index (χ4v) is 5.98. The molecule has 6 nitrogen and oxygen atoms in total. The van der Waals surface area contributed by atoms with E-state index in [0.717, 1.165) is 17.0 Å². The van der Waals surface area contributed by atoms with E-state index in [0.29, 0.717) is 4.88 Å². The summed E-state index contributed by atoms with van der Waals surface area (Å²) in [6.45, 7) is -0.0718. The predicted octanol–water partition coefficient (Wildman–Crippen LogP) is 2.90. The van der Waals surface area contributed by atoms with Gasteiger partial charge in [-0.15, -0.1) is 22.7 Å². The van der Waals surface area contributed by atoms with Crippen LogP contribution in [0, 0.1) is 5.82 Å². The normalized spacial score (nSPS) is 12.3. The summed E-state index contributed by atoms with van der Waals surface area (Å²) >= 11 is 2.66. The number of halogens is 1. The number of hydrogen-bond donors (Lipinski definition) is 2. The molecule has 2 amide bonds. The molecule has 2 N–H and O–H groups in total. The number of carbonyl (C=O) groups is 2. The molecule has 0 bridgehead atoms. The molecule has 0 aliphatic carbocycles. The van der Waals surface area contributed by atoms with Crippen molar-refractivity contribution in [2.45, 2.75) is 16.7 Å². The van der Waals surface area contributed by atoms with E-state index in [1.807, 2.05) is 17.5 Å². The van der Waals surface area contributed by atoms with Crippen LogP contribution in [0.25, 0.3) is 0 Å². The molecule has 10 heteroatoms. The molecule has 0 fully saturated rings. The number of nitrogens with one attached hydrogen (secondary N) is 2. The number of thiophene rings is 2. The van der Waals surface area contributed by atoms with Crippen LogP contribution in [0.15, 0.2) is 64.2 Å². The van der Waals surface area contributed by atoms with Crippen LogP contribution in [-0.4, -0.2) is 26.8 Å². The average Bonchev–Trinajstić information content (AvgIpc) is 3.40. The Morgan fingerprint density at radius 3 is 2.21 bits per heavy atom. The Morgan fingerprint density at radius 1 is 0.931 bits per heavy atom. The van der Waals surface area contributed by atoms with E-state index in [-0.39, 0.29) is 18.0 Å². The molecule has 0 unspecified atom stereocenters. The molecular formula is C19H17FN2O4S3. The van der Waals surface area contributed by atoms with Crippen molar-refractivity contribution in [3.63, 3.8) is 0 Å². The summed E-state index contributed by atoms with van der Waals surface area (Å²) < 4.78 is 39.3. The number of amides is 2. The zero-order valence-electron chi connectivity index (χ0n) is 15.0. The van der Waals surface area contributed by atoms with E-state index in [4.69, 9.17) is 0 Å². The van der Waals surface area contributed by atoms with E-state index in [9.17, 15) is 22.4 Å². The van der Waals surface area contributed by atoms with Crippen molar-refractivity contribution >= 4 is 44.3 Å². The molecule has 0 radical (unpaired) electrons. The van der Waals surface area contributed by atoms with Crippen LogP contribution in [0.5, 0.6) is 0 Å². The van der Waals surface area contributed by atoms with Gasteiger partial charge in [0.1, 0.15) is 11.1 Å². The Hall–Kier alpha value is -2.56. The van der Waals surface area contributed by atoms with Gasteiger partial charge in [0, 0.05) is 16.3 Å². The molecular weight excluding hydrogens is 435 g/mol.